The average Bonchev–Trinajstić information content (AvgIpc) is 3.93. The molecule has 3 aliphatic rings. The number of benzene rings is 12. The van der Waals surface area contributed by atoms with Crippen molar-refractivity contribution in [2.75, 3.05) is 4.90 Å². The van der Waals surface area contributed by atoms with E-state index in [2.05, 4.69) is 278 Å². The second kappa shape index (κ2) is 15.6. The number of nitrogens with zero attached hydrogens (tertiary/aromatic N) is 1. The van der Waals surface area contributed by atoms with Crippen LogP contribution in [-0.2, 0) is 10.8 Å². The number of hydrogen-bond acceptors (Lipinski definition) is 2. The zero-order valence-corrected chi connectivity index (χ0v) is 39.3. The quantitative estimate of drug-likeness (QED) is 0.165. The van der Waals surface area contributed by atoms with Crippen LogP contribution in [0.5, 0.6) is 11.5 Å². The van der Waals surface area contributed by atoms with Crippen LogP contribution in [0.25, 0.3) is 54.9 Å². The maximum Gasteiger partial charge on any atom is 0.140 e. The Morgan fingerprint density at radius 1 is 0.292 bits per heavy atom. The zero-order valence-electron chi connectivity index (χ0n) is 39.3. The summed E-state index contributed by atoms with van der Waals surface area (Å²) in [5, 5.41) is 4.55. The highest BCUT2D eigenvalue weighted by molar-refractivity contribution is 6.03. The van der Waals surface area contributed by atoms with Gasteiger partial charge in [0.1, 0.15) is 11.5 Å². The minimum absolute atomic E-state index is 0.596. The number of hydrogen-bond donors (Lipinski definition) is 0. The lowest BCUT2D eigenvalue weighted by atomic mass is 9.65. The maximum atomic E-state index is 7.28. The first-order valence-corrected chi connectivity index (χ1v) is 25.0. The molecule has 2 aliphatic carbocycles. The largest absolute Gasteiger partial charge is 0.455 e. The van der Waals surface area contributed by atoms with Gasteiger partial charge in [0.25, 0.3) is 0 Å². The Kier molecular flexibility index (Phi) is 8.82. The normalized spacial score (nSPS) is 13.9. The minimum atomic E-state index is -0.648. The van der Waals surface area contributed by atoms with Crippen LogP contribution in [0.15, 0.2) is 273 Å². The van der Waals surface area contributed by atoms with Crippen LogP contribution in [0.1, 0.15) is 44.5 Å². The van der Waals surface area contributed by atoms with Gasteiger partial charge in [0.2, 0.25) is 0 Å². The summed E-state index contributed by atoms with van der Waals surface area (Å²) >= 11 is 0. The lowest BCUT2D eigenvalue weighted by Gasteiger charge is -2.40. The molecule has 0 N–H and O–H groups in total. The topological polar surface area (TPSA) is 12.5 Å². The molecule has 12 aromatic carbocycles. The van der Waals surface area contributed by atoms with Crippen LogP contribution >= 0.6 is 0 Å². The van der Waals surface area contributed by atoms with E-state index in [1.807, 2.05) is 0 Å². The molecule has 1 spiro atoms. The predicted octanol–water partition coefficient (Wildman–Crippen LogP) is 18.0. The Morgan fingerprint density at radius 2 is 0.764 bits per heavy atom. The average molecular weight is 916 g/mol. The SMILES string of the molecule is c1ccc(N(c2cccc(-c3cccc4c3-c3ccccc3C43c4ccc5ccccc5c4Oc4c3ccc3ccccc43)c2)c2ccccc2C2(c3ccccc3)c3ccccc3-c3ccccc32)cc1. The van der Waals surface area contributed by atoms with E-state index >= 15 is 0 Å². The lowest BCUT2D eigenvalue weighted by Crippen LogP contribution is -2.32. The molecule has 0 aromatic heterocycles. The van der Waals surface area contributed by atoms with Crippen LogP contribution < -0.4 is 9.64 Å². The van der Waals surface area contributed by atoms with Gasteiger partial charge in [0.05, 0.1) is 16.5 Å². The Labute approximate surface area is 419 Å². The van der Waals surface area contributed by atoms with Crippen molar-refractivity contribution in [1.29, 1.82) is 0 Å². The van der Waals surface area contributed by atoms with Crippen molar-refractivity contribution in [3.63, 3.8) is 0 Å². The molecule has 0 radical (unpaired) electrons. The van der Waals surface area contributed by atoms with E-state index in [9.17, 15) is 0 Å². The van der Waals surface area contributed by atoms with Crippen LogP contribution in [0.2, 0.25) is 0 Å². The first kappa shape index (κ1) is 40.6. The first-order valence-electron chi connectivity index (χ1n) is 25.0. The molecule has 2 nitrogen and oxygen atoms in total. The van der Waals surface area contributed by atoms with Gasteiger partial charge in [-0.05, 0) is 108 Å². The Morgan fingerprint density at radius 3 is 1.42 bits per heavy atom. The van der Waals surface area contributed by atoms with Crippen LogP contribution in [0.3, 0.4) is 0 Å². The van der Waals surface area contributed by atoms with Gasteiger partial charge < -0.3 is 9.64 Å². The molecule has 0 amide bonds. The van der Waals surface area contributed by atoms with E-state index in [1.165, 1.54) is 61.2 Å². The molecular formula is C70H45NO. The molecule has 0 atom stereocenters. The summed E-state index contributed by atoms with van der Waals surface area (Å²) in [6, 6.07) is 101. The third-order valence-corrected chi connectivity index (χ3v) is 16.0. The molecule has 1 aliphatic heterocycles. The highest BCUT2D eigenvalue weighted by atomic mass is 16.5. The standard InChI is InChI=1S/C70H45NO/c1-3-24-49(25-4-1)69(58-35-14-11-31-55(58)56-32-12-15-36-59(56)69)61-38-17-18-40-65(61)71(50-26-5-2-6-27-50)51-28-19-23-48(45-51)52-34-20-39-62-66(52)57-33-13-16-37-60(57)70(62)63-43-41-46-21-7-9-29-53(46)67(63)72-68-54-30-10-8-22-47(54)42-44-64(68)70/h1-45H. The molecule has 12 aromatic rings. The van der Waals surface area contributed by atoms with Gasteiger partial charge >= 0.3 is 0 Å². The monoisotopic (exact) mass is 915 g/mol. The fourth-order valence-corrected chi connectivity index (χ4v) is 13.2. The summed E-state index contributed by atoms with van der Waals surface area (Å²) < 4.78 is 7.28. The Bertz CT molecular complexity index is 4020. The number of rotatable bonds is 6. The molecule has 0 bridgehead atoms. The predicted molar refractivity (Wildman–Crippen MR) is 296 cm³/mol. The van der Waals surface area contributed by atoms with Crippen molar-refractivity contribution < 1.29 is 4.74 Å². The molecule has 1 heterocycles. The third-order valence-electron chi connectivity index (χ3n) is 16.0. The van der Waals surface area contributed by atoms with Gasteiger partial charge in [-0.2, -0.15) is 0 Å². The van der Waals surface area contributed by atoms with Gasteiger partial charge in [-0.25, -0.2) is 0 Å². The number of ether oxygens (including phenoxy) is 1. The van der Waals surface area contributed by atoms with E-state index in [1.54, 1.807) is 0 Å². The smallest absolute Gasteiger partial charge is 0.140 e. The maximum absolute atomic E-state index is 7.28. The molecular weight excluding hydrogens is 871 g/mol. The minimum Gasteiger partial charge on any atom is -0.455 e. The first-order chi connectivity index (χ1) is 35.7. The second-order valence-electron chi connectivity index (χ2n) is 19.4. The fraction of sp³-hybridized carbons (Fsp3) is 0.0286. The molecule has 0 unspecified atom stereocenters. The summed E-state index contributed by atoms with van der Waals surface area (Å²) in [6.45, 7) is 0. The molecule has 72 heavy (non-hydrogen) atoms. The molecule has 15 rings (SSSR count). The number of anilines is 3. The van der Waals surface area contributed by atoms with E-state index in [4.69, 9.17) is 4.74 Å². The highest BCUT2D eigenvalue weighted by Gasteiger charge is 2.53. The van der Waals surface area contributed by atoms with E-state index in [0.29, 0.717) is 0 Å². The van der Waals surface area contributed by atoms with Crippen molar-refractivity contribution >= 4 is 38.6 Å². The molecule has 2 heteroatoms. The Hall–Kier alpha value is -9.24. The fourth-order valence-electron chi connectivity index (χ4n) is 13.2. The summed E-state index contributed by atoms with van der Waals surface area (Å²) in [5.74, 6) is 1.84. The number of para-hydroxylation sites is 2. The van der Waals surface area contributed by atoms with Gasteiger partial charge in [0, 0.05) is 33.3 Å². The molecule has 0 fully saturated rings. The highest BCUT2D eigenvalue weighted by Crippen LogP contribution is 2.65. The van der Waals surface area contributed by atoms with Gasteiger partial charge in [-0.15, -0.1) is 0 Å². The van der Waals surface area contributed by atoms with Crippen molar-refractivity contribution in [1.82, 2.24) is 0 Å². The Balaban J connectivity index is 0.976. The molecule has 0 saturated heterocycles. The lowest BCUT2D eigenvalue weighted by molar-refractivity contribution is 0.447. The number of fused-ring (bicyclic) bond motifs is 16. The summed E-state index contributed by atoms with van der Waals surface area (Å²) in [6.07, 6.45) is 0. The van der Waals surface area contributed by atoms with E-state index < -0.39 is 10.8 Å². The van der Waals surface area contributed by atoms with Crippen LogP contribution in [0, 0.1) is 0 Å². The van der Waals surface area contributed by atoms with E-state index in [-0.39, 0.29) is 0 Å². The van der Waals surface area contributed by atoms with Gasteiger partial charge in [-0.3, -0.25) is 0 Å². The second-order valence-corrected chi connectivity index (χ2v) is 19.4. The van der Waals surface area contributed by atoms with Crippen molar-refractivity contribution in [3.05, 3.63) is 317 Å². The summed E-state index contributed by atoms with van der Waals surface area (Å²) in [5.41, 5.74) is 19.3. The van der Waals surface area contributed by atoms with Crippen molar-refractivity contribution in [2.24, 2.45) is 0 Å². The van der Waals surface area contributed by atoms with Gasteiger partial charge in [-0.1, -0.05) is 243 Å². The third kappa shape index (κ3) is 5.49. The summed E-state index contributed by atoms with van der Waals surface area (Å²) in [4.78, 5) is 2.48. The van der Waals surface area contributed by atoms with E-state index in [0.717, 1.165) is 66.8 Å². The van der Waals surface area contributed by atoms with Crippen LogP contribution in [-0.4, -0.2) is 0 Å². The summed E-state index contributed by atoms with van der Waals surface area (Å²) in [7, 11) is 0. The van der Waals surface area contributed by atoms with Gasteiger partial charge in [0.15, 0.2) is 0 Å². The zero-order chi connectivity index (χ0) is 47.4. The molecule has 0 saturated carbocycles. The molecule has 336 valence electrons. The van der Waals surface area contributed by atoms with Crippen molar-refractivity contribution in [2.45, 2.75) is 10.8 Å². The van der Waals surface area contributed by atoms with Crippen LogP contribution in [0.4, 0.5) is 17.1 Å². The van der Waals surface area contributed by atoms with Crippen molar-refractivity contribution in [3.8, 4) is 44.9 Å².